The Hall–Kier alpha value is -1.13. The minimum absolute atomic E-state index is 0.671. The third-order valence-electron chi connectivity index (χ3n) is 2.74. The lowest BCUT2D eigenvalue weighted by Gasteiger charge is -2.20. The predicted octanol–water partition coefficient (Wildman–Crippen LogP) is 1.36. The Morgan fingerprint density at radius 3 is 2.82 bits per heavy atom. The van der Waals surface area contributed by atoms with Gasteiger partial charge in [-0.25, -0.2) is 4.98 Å². The highest BCUT2D eigenvalue weighted by Gasteiger charge is 2.06. The molecule has 0 fully saturated rings. The molecule has 4 nitrogen and oxygen atoms in total. The molecule has 17 heavy (non-hydrogen) atoms. The topological polar surface area (TPSA) is 51.4 Å². The number of pyridine rings is 1. The molecule has 2 N–H and O–H groups in total. The average molecular weight is 237 g/mol. The molecule has 0 aliphatic rings. The first-order chi connectivity index (χ1) is 8.19. The van der Waals surface area contributed by atoms with Crippen molar-refractivity contribution in [3.63, 3.8) is 0 Å². The quantitative estimate of drug-likeness (QED) is 0.728. The van der Waals surface area contributed by atoms with Crippen LogP contribution in [0.2, 0.25) is 0 Å². The highest BCUT2D eigenvalue weighted by molar-refractivity contribution is 5.46. The summed E-state index contributed by atoms with van der Waals surface area (Å²) in [7, 11) is 3.79. The van der Waals surface area contributed by atoms with E-state index in [0.717, 1.165) is 31.8 Å². The lowest BCUT2D eigenvalue weighted by molar-refractivity contribution is 0.196. The van der Waals surface area contributed by atoms with Crippen LogP contribution in [0, 0.1) is 6.92 Å². The molecule has 0 unspecified atom stereocenters. The fourth-order valence-corrected chi connectivity index (χ4v) is 1.88. The second kappa shape index (κ2) is 7.25. The van der Waals surface area contributed by atoms with Gasteiger partial charge in [0.15, 0.2) is 0 Å². The van der Waals surface area contributed by atoms with Crippen molar-refractivity contribution in [3.8, 4) is 0 Å². The van der Waals surface area contributed by atoms with E-state index in [4.69, 9.17) is 10.5 Å². The second-order valence-corrected chi connectivity index (χ2v) is 4.29. The van der Waals surface area contributed by atoms with Crippen molar-refractivity contribution < 1.29 is 4.74 Å². The van der Waals surface area contributed by atoms with E-state index in [1.807, 2.05) is 6.20 Å². The molecule has 0 radical (unpaired) electrons. The smallest absolute Gasteiger partial charge is 0.131 e. The maximum absolute atomic E-state index is 5.54. The molecule has 4 heteroatoms. The van der Waals surface area contributed by atoms with Gasteiger partial charge in [0.2, 0.25) is 0 Å². The fraction of sp³-hybridized carbons (Fsp3) is 0.615. The summed E-state index contributed by atoms with van der Waals surface area (Å²) in [5, 5.41) is 0. The molecule has 1 heterocycles. The molecule has 96 valence electrons. The molecule has 0 aliphatic heterocycles. The maximum atomic E-state index is 5.54. The van der Waals surface area contributed by atoms with E-state index in [2.05, 4.69) is 29.9 Å². The Morgan fingerprint density at radius 2 is 2.24 bits per heavy atom. The summed E-state index contributed by atoms with van der Waals surface area (Å²) in [6.07, 6.45) is 3.82. The summed E-state index contributed by atoms with van der Waals surface area (Å²) in [6, 6.07) is 2.17. The number of aryl methyl sites for hydroxylation is 1. The van der Waals surface area contributed by atoms with Gasteiger partial charge < -0.3 is 15.4 Å². The highest BCUT2D eigenvalue weighted by Crippen LogP contribution is 2.17. The summed E-state index contributed by atoms with van der Waals surface area (Å²) in [6.45, 7) is 4.51. The van der Waals surface area contributed by atoms with Crippen molar-refractivity contribution in [2.75, 3.05) is 38.8 Å². The zero-order valence-corrected chi connectivity index (χ0v) is 11.1. The Labute approximate surface area is 104 Å². The molecule has 1 aromatic rings. The van der Waals surface area contributed by atoms with Gasteiger partial charge in [-0.05, 0) is 37.4 Å². The van der Waals surface area contributed by atoms with Crippen LogP contribution in [-0.4, -0.2) is 38.8 Å². The normalized spacial score (nSPS) is 10.6. The van der Waals surface area contributed by atoms with Crippen LogP contribution < -0.4 is 10.6 Å². The SMILES string of the molecule is COCCCN(C)c1ncc(CCN)cc1C. The number of aromatic nitrogens is 1. The molecule has 0 saturated heterocycles. The van der Waals surface area contributed by atoms with Crippen LogP contribution in [0.3, 0.4) is 0 Å². The van der Waals surface area contributed by atoms with Crippen LogP contribution >= 0.6 is 0 Å². The first kappa shape index (κ1) is 13.9. The Balaban J connectivity index is 2.63. The average Bonchev–Trinajstić information content (AvgIpc) is 2.29. The Morgan fingerprint density at radius 1 is 1.47 bits per heavy atom. The van der Waals surface area contributed by atoms with E-state index in [-0.39, 0.29) is 0 Å². The largest absolute Gasteiger partial charge is 0.385 e. The number of hydrogen-bond acceptors (Lipinski definition) is 4. The van der Waals surface area contributed by atoms with Gasteiger partial charge >= 0.3 is 0 Å². The molecule has 0 aromatic carbocycles. The van der Waals surface area contributed by atoms with Crippen LogP contribution in [0.25, 0.3) is 0 Å². The number of nitrogens with two attached hydrogens (primary N) is 1. The predicted molar refractivity (Wildman–Crippen MR) is 71.5 cm³/mol. The van der Waals surface area contributed by atoms with E-state index in [9.17, 15) is 0 Å². The number of methoxy groups -OCH3 is 1. The molecule has 0 aliphatic carbocycles. The summed E-state index contributed by atoms with van der Waals surface area (Å²) >= 11 is 0. The molecule has 0 atom stereocenters. The van der Waals surface area contributed by atoms with E-state index in [0.29, 0.717) is 6.54 Å². The van der Waals surface area contributed by atoms with Gasteiger partial charge in [-0.2, -0.15) is 0 Å². The molecule has 1 aromatic heterocycles. The first-order valence-corrected chi connectivity index (χ1v) is 6.04. The first-order valence-electron chi connectivity index (χ1n) is 6.04. The minimum Gasteiger partial charge on any atom is -0.385 e. The molecule has 1 rings (SSSR count). The van der Waals surface area contributed by atoms with Gasteiger partial charge in [0.1, 0.15) is 5.82 Å². The standard InChI is InChI=1S/C13H23N3O/c1-11-9-12(5-6-14)10-15-13(11)16(2)7-4-8-17-3/h9-10H,4-8,14H2,1-3H3. The molecule has 0 spiro atoms. The van der Waals surface area contributed by atoms with Gasteiger partial charge in [-0.15, -0.1) is 0 Å². The third-order valence-corrected chi connectivity index (χ3v) is 2.74. The minimum atomic E-state index is 0.671. The van der Waals surface area contributed by atoms with Gasteiger partial charge in [0.25, 0.3) is 0 Å². The lowest BCUT2D eigenvalue weighted by Crippen LogP contribution is -2.22. The van der Waals surface area contributed by atoms with E-state index < -0.39 is 0 Å². The van der Waals surface area contributed by atoms with Crippen molar-refractivity contribution >= 4 is 5.82 Å². The van der Waals surface area contributed by atoms with Crippen molar-refractivity contribution in [2.24, 2.45) is 5.73 Å². The lowest BCUT2D eigenvalue weighted by atomic mass is 10.1. The van der Waals surface area contributed by atoms with Crippen LogP contribution in [0.4, 0.5) is 5.82 Å². The Bertz CT molecular complexity index is 341. The van der Waals surface area contributed by atoms with Crippen LogP contribution in [-0.2, 0) is 11.2 Å². The summed E-state index contributed by atoms with van der Waals surface area (Å²) in [4.78, 5) is 6.67. The molecular weight excluding hydrogens is 214 g/mol. The highest BCUT2D eigenvalue weighted by atomic mass is 16.5. The van der Waals surface area contributed by atoms with Crippen LogP contribution in [0.15, 0.2) is 12.3 Å². The molecule has 0 saturated carbocycles. The monoisotopic (exact) mass is 237 g/mol. The summed E-state index contributed by atoms with van der Waals surface area (Å²) in [5.41, 5.74) is 7.95. The third kappa shape index (κ3) is 4.32. The van der Waals surface area contributed by atoms with Gasteiger partial charge in [0.05, 0.1) is 0 Å². The zero-order chi connectivity index (χ0) is 12.7. The number of hydrogen-bond donors (Lipinski definition) is 1. The number of anilines is 1. The van der Waals surface area contributed by atoms with Gasteiger partial charge in [0, 0.05) is 33.5 Å². The van der Waals surface area contributed by atoms with Crippen molar-refractivity contribution in [1.29, 1.82) is 0 Å². The second-order valence-electron chi connectivity index (χ2n) is 4.29. The maximum Gasteiger partial charge on any atom is 0.131 e. The number of nitrogens with zero attached hydrogens (tertiary/aromatic N) is 2. The molecular formula is C13H23N3O. The molecule has 0 amide bonds. The Kier molecular flexibility index (Phi) is 5.94. The number of rotatable bonds is 7. The summed E-state index contributed by atoms with van der Waals surface area (Å²) in [5.74, 6) is 1.04. The fourth-order valence-electron chi connectivity index (χ4n) is 1.88. The van der Waals surface area contributed by atoms with E-state index >= 15 is 0 Å². The molecule has 0 bridgehead atoms. The van der Waals surface area contributed by atoms with Crippen LogP contribution in [0.1, 0.15) is 17.5 Å². The zero-order valence-electron chi connectivity index (χ0n) is 11.1. The van der Waals surface area contributed by atoms with Gasteiger partial charge in [-0.3, -0.25) is 0 Å². The summed E-state index contributed by atoms with van der Waals surface area (Å²) < 4.78 is 5.05. The van der Waals surface area contributed by atoms with E-state index in [1.165, 1.54) is 11.1 Å². The van der Waals surface area contributed by atoms with Gasteiger partial charge in [-0.1, -0.05) is 6.07 Å². The number of ether oxygens (including phenoxy) is 1. The van der Waals surface area contributed by atoms with Crippen molar-refractivity contribution in [3.05, 3.63) is 23.4 Å². The van der Waals surface area contributed by atoms with E-state index in [1.54, 1.807) is 7.11 Å². The van der Waals surface area contributed by atoms with Crippen LogP contribution in [0.5, 0.6) is 0 Å². The van der Waals surface area contributed by atoms with Crippen molar-refractivity contribution in [2.45, 2.75) is 19.8 Å². The van der Waals surface area contributed by atoms with Crippen molar-refractivity contribution in [1.82, 2.24) is 4.98 Å².